The van der Waals surface area contributed by atoms with Crippen molar-refractivity contribution in [2.75, 3.05) is 26.0 Å². The van der Waals surface area contributed by atoms with E-state index in [1.165, 1.54) is 42.6 Å². The average molecular weight is 548 g/mol. The molecule has 1 aliphatic rings. The van der Waals surface area contributed by atoms with E-state index in [1.807, 2.05) is 0 Å². The Morgan fingerprint density at radius 2 is 1.89 bits per heavy atom. The van der Waals surface area contributed by atoms with Gasteiger partial charge in [-0.25, -0.2) is 17.6 Å². The molecule has 3 aromatic rings. The van der Waals surface area contributed by atoms with Crippen LogP contribution in [-0.2, 0) is 21.3 Å². The summed E-state index contributed by atoms with van der Waals surface area (Å²) in [5.41, 5.74) is 2.02. The molecular formula is C25H26FN3O6S2. The van der Waals surface area contributed by atoms with Gasteiger partial charge in [0.2, 0.25) is 10.0 Å². The number of carbonyl (C=O) groups is 1. The van der Waals surface area contributed by atoms with Gasteiger partial charge in [-0.1, -0.05) is 17.3 Å². The fourth-order valence-corrected chi connectivity index (χ4v) is 6.79. The van der Waals surface area contributed by atoms with E-state index in [1.54, 1.807) is 36.8 Å². The molecule has 1 aromatic heterocycles. The number of hydrogen-bond acceptors (Lipinski definition) is 8. The number of benzene rings is 2. The van der Waals surface area contributed by atoms with Gasteiger partial charge in [0.1, 0.15) is 11.6 Å². The lowest BCUT2D eigenvalue weighted by atomic mass is 9.98. The van der Waals surface area contributed by atoms with Crippen LogP contribution in [0.15, 0.2) is 64.0 Å². The molecule has 9 nitrogen and oxygen atoms in total. The molecule has 0 radical (unpaired) electrons. The number of likely N-dealkylation sites (N-methyl/N-ethyl adjacent to an activating group) is 1. The third-order valence-corrected chi connectivity index (χ3v) is 9.02. The molecule has 0 bridgehead atoms. The van der Waals surface area contributed by atoms with Gasteiger partial charge in [-0.05, 0) is 66.8 Å². The molecule has 1 unspecified atom stereocenters. The normalized spacial score (nSPS) is 15.3. The summed E-state index contributed by atoms with van der Waals surface area (Å²) in [5.74, 6) is 0.203. The number of methoxy groups -OCH3 is 1. The molecule has 0 saturated carbocycles. The first-order chi connectivity index (χ1) is 17.7. The predicted molar refractivity (Wildman–Crippen MR) is 138 cm³/mol. The lowest BCUT2D eigenvalue weighted by molar-refractivity contribution is 0.155. The first kappa shape index (κ1) is 26.7. The lowest BCUT2D eigenvalue weighted by Crippen LogP contribution is -2.31. The molecule has 1 aliphatic carbocycles. The number of ether oxygens (including phenoxy) is 1. The van der Waals surface area contributed by atoms with Crippen LogP contribution in [0.5, 0.6) is 5.75 Å². The minimum Gasteiger partial charge on any atom is -0.497 e. The SMILES string of the molecule is COc1ccc(NC(=O)ON=C2CCCc3c(S(=O)(=O)N(C)CC(O)c4ccc(F)cc4)csc32)cc1. The van der Waals surface area contributed by atoms with Crippen molar-refractivity contribution in [3.05, 3.63) is 75.7 Å². The van der Waals surface area contributed by atoms with Crippen LogP contribution in [0.2, 0.25) is 0 Å². The summed E-state index contributed by atoms with van der Waals surface area (Å²) in [6.45, 7) is -0.200. The van der Waals surface area contributed by atoms with Crippen LogP contribution in [0, 0.1) is 5.82 Å². The van der Waals surface area contributed by atoms with Crippen molar-refractivity contribution >= 4 is 38.9 Å². The van der Waals surface area contributed by atoms with Gasteiger partial charge in [-0.3, -0.25) is 10.2 Å². The highest BCUT2D eigenvalue weighted by Gasteiger charge is 2.31. The molecule has 1 heterocycles. The number of carbonyl (C=O) groups excluding carboxylic acids is 1. The van der Waals surface area contributed by atoms with E-state index in [9.17, 15) is 22.7 Å². The van der Waals surface area contributed by atoms with Gasteiger partial charge in [-0.15, -0.1) is 11.3 Å². The van der Waals surface area contributed by atoms with Crippen LogP contribution in [0.1, 0.15) is 34.9 Å². The van der Waals surface area contributed by atoms with Crippen molar-refractivity contribution in [2.45, 2.75) is 30.3 Å². The lowest BCUT2D eigenvalue weighted by Gasteiger charge is -2.22. The van der Waals surface area contributed by atoms with Crippen LogP contribution in [0.25, 0.3) is 0 Å². The standard InChI is InChI=1S/C25H26FN3O6S2/c1-29(14-22(30)16-6-8-17(26)9-7-16)37(32,33)23-15-36-24-20(23)4-3-5-21(24)28-35-25(31)27-18-10-12-19(34-2)13-11-18/h6-13,15,22,30H,3-5,14H2,1-2H3,(H,27,31). The second kappa shape index (κ2) is 11.4. The molecule has 12 heteroatoms. The van der Waals surface area contributed by atoms with Crippen molar-refractivity contribution in [3.8, 4) is 5.75 Å². The Hall–Kier alpha value is -3.32. The van der Waals surface area contributed by atoms with E-state index in [0.29, 0.717) is 52.4 Å². The summed E-state index contributed by atoms with van der Waals surface area (Å²) in [6.07, 6.45) is -0.203. The van der Waals surface area contributed by atoms with E-state index in [2.05, 4.69) is 10.5 Å². The molecule has 0 saturated heterocycles. The van der Waals surface area contributed by atoms with Crippen LogP contribution >= 0.6 is 11.3 Å². The molecule has 0 fully saturated rings. The molecule has 0 aliphatic heterocycles. The molecule has 2 N–H and O–H groups in total. The number of hydrogen-bond donors (Lipinski definition) is 2. The molecule has 37 heavy (non-hydrogen) atoms. The van der Waals surface area contributed by atoms with E-state index in [-0.39, 0.29) is 11.4 Å². The zero-order valence-electron chi connectivity index (χ0n) is 20.2. The fourth-order valence-electron chi connectivity index (χ4n) is 3.91. The van der Waals surface area contributed by atoms with Crippen molar-refractivity contribution in [2.24, 2.45) is 5.16 Å². The summed E-state index contributed by atoms with van der Waals surface area (Å²) < 4.78 is 46.0. The van der Waals surface area contributed by atoms with Crippen molar-refractivity contribution in [3.63, 3.8) is 0 Å². The maximum atomic E-state index is 13.3. The average Bonchev–Trinajstić information content (AvgIpc) is 3.34. The smallest absolute Gasteiger partial charge is 0.437 e. The highest BCUT2D eigenvalue weighted by Crippen LogP contribution is 2.35. The minimum atomic E-state index is -3.93. The van der Waals surface area contributed by atoms with Crippen LogP contribution in [0.3, 0.4) is 0 Å². The molecule has 1 amide bonds. The zero-order valence-corrected chi connectivity index (χ0v) is 21.8. The number of aliphatic hydroxyl groups is 1. The summed E-state index contributed by atoms with van der Waals surface area (Å²) in [7, 11) is -0.996. The Kier molecular flexibility index (Phi) is 8.22. The fraction of sp³-hybridized carbons (Fsp3) is 0.280. The number of aliphatic hydroxyl groups excluding tert-OH is 1. The Labute approximate surface area is 218 Å². The van der Waals surface area contributed by atoms with Gasteiger partial charge in [-0.2, -0.15) is 4.31 Å². The maximum absolute atomic E-state index is 13.3. The number of halogens is 1. The number of anilines is 1. The third-order valence-electron chi connectivity index (χ3n) is 5.91. The molecule has 2 aromatic carbocycles. The van der Waals surface area contributed by atoms with Crippen molar-refractivity contribution in [1.29, 1.82) is 0 Å². The minimum absolute atomic E-state index is 0.136. The van der Waals surface area contributed by atoms with Gasteiger partial charge in [0, 0.05) is 24.7 Å². The largest absolute Gasteiger partial charge is 0.497 e. The molecule has 196 valence electrons. The Morgan fingerprint density at radius 1 is 1.19 bits per heavy atom. The van der Waals surface area contributed by atoms with Crippen molar-refractivity contribution in [1.82, 2.24) is 4.31 Å². The Morgan fingerprint density at radius 3 is 2.57 bits per heavy atom. The summed E-state index contributed by atoms with van der Waals surface area (Å²) in [5, 5.41) is 18.6. The van der Waals surface area contributed by atoms with Gasteiger partial charge < -0.3 is 9.84 Å². The molecular weight excluding hydrogens is 521 g/mol. The van der Waals surface area contributed by atoms with E-state index >= 15 is 0 Å². The highest BCUT2D eigenvalue weighted by molar-refractivity contribution is 7.89. The predicted octanol–water partition coefficient (Wildman–Crippen LogP) is 4.54. The number of nitrogens with one attached hydrogen (secondary N) is 1. The second-order valence-electron chi connectivity index (χ2n) is 8.38. The number of rotatable bonds is 8. The molecule has 4 rings (SSSR count). The first-order valence-electron chi connectivity index (χ1n) is 11.4. The second-order valence-corrected chi connectivity index (χ2v) is 11.3. The molecule has 1 atom stereocenters. The first-order valence-corrected chi connectivity index (χ1v) is 13.7. The quantitative estimate of drug-likeness (QED) is 0.316. The Bertz CT molecular complexity index is 1390. The van der Waals surface area contributed by atoms with Gasteiger partial charge in [0.25, 0.3) is 0 Å². The van der Waals surface area contributed by atoms with E-state index in [0.717, 1.165) is 4.31 Å². The maximum Gasteiger partial charge on any atom is 0.437 e. The summed E-state index contributed by atoms with van der Waals surface area (Å²) >= 11 is 1.21. The summed E-state index contributed by atoms with van der Waals surface area (Å²) in [6, 6.07) is 12.0. The number of oxime groups is 1. The van der Waals surface area contributed by atoms with E-state index < -0.39 is 28.0 Å². The topological polar surface area (TPSA) is 118 Å². The number of nitrogens with zero attached hydrogens (tertiary/aromatic N) is 2. The van der Waals surface area contributed by atoms with Crippen LogP contribution in [0.4, 0.5) is 14.9 Å². The molecule has 0 spiro atoms. The van der Waals surface area contributed by atoms with Crippen molar-refractivity contribution < 1.29 is 32.3 Å². The monoisotopic (exact) mass is 547 g/mol. The Balaban J connectivity index is 1.46. The van der Waals surface area contributed by atoms with Crippen LogP contribution in [-0.4, -0.2) is 50.3 Å². The summed E-state index contributed by atoms with van der Waals surface area (Å²) in [4.78, 5) is 18.0. The third kappa shape index (κ3) is 6.16. The number of fused-ring (bicyclic) bond motifs is 1. The number of sulfonamides is 1. The number of amides is 1. The van der Waals surface area contributed by atoms with E-state index in [4.69, 9.17) is 9.57 Å². The van der Waals surface area contributed by atoms with Gasteiger partial charge in [0.15, 0.2) is 0 Å². The van der Waals surface area contributed by atoms with Gasteiger partial charge >= 0.3 is 6.09 Å². The van der Waals surface area contributed by atoms with Gasteiger partial charge in [0.05, 0.1) is 28.7 Å². The van der Waals surface area contributed by atoms with Crippen LogP contribution < -0.4 is 10.1 Å². The highest BCUT2D eigenvalue weighted by atomic mass is 32.2. The number of thiophene rings is 1. The zero-order chi connectivity index (χ0) is 26.6.